The number of carbonyl (C=O) groups excluding carboxylic acids is 1. The zero-order chi connectivity index (χ0) is 16.1. The average molecular weight is 310 g/mol. The Kier molecular flexibility index (Phi) is 4.05. The topological polar surface area (TPSA) is 66.8 Å². The summed E-state index contributed by atoms with van der Waals surface area (Å²) < 4.78 is 5.36. The molecule has 1 aliphatic heterocycles. The lowest BCUT2D eigenvalue weighted by Gasteiger charge is -2.45. The first-order valence-corrected chi connectivity index (χ1v) is 8.85. The molecule has 0 bridgehead atoms. The van der Waals surface area contributed by atoms with Crippen LogP contribution in [0.15, 0.2) is 0 Å². The van der Waals surface area contributed by atoms with Gasteiger partial charge < -0.3 is 14.9 Å². The van der Waals surface area contributed by atoms with E-state index in [-0.39, 0.29) is 17.6 Å². The van der Waals surface area contributed by atoms with E-state index in [1.54, 1.807) is 6.92 Å². The summed E-state index contributed by atoms with van der Waals surface area (Å²) in [5.74, 6) is 0.986. The molecule has 126 valence electrons. The van der Waals surface area contributed by atoms with Crippen molar-refractivity contribution in [3.05, 3.63) is 0 Å². The van der Waals surface area contributed by atoms with Crippen LogP contribution in [0, 0.1) is 23.2 Å². The van der Waals surface area contributed by atoms with Crippen LogP contribution in [0.1, 0.15) is 65.7 Å². The second-order valence-corrected chi connectivity index (χ2v) is 8.47. The van der Waals surface area contributed by atoms with Crippen LogP contribution in [0.5, 0.6) is 0 Å². The van der Waals surface area contributed by atoms with E-state index < -0.39 is 11.6 Å². The first-order chi connectivity index (χ1) is 10.2. The minimum absolute atomic E-state index is 0.138. The van der Waals surface area contributed by atoms with Gasteiger partial charge in [-0.1, -0.05) is 20.3 Å². The van der Waals surface area contributed by atoms with E-state index in [9.17, 15) is 15.0 Å². The van der Waals surface area contributed by atoms with Gasteiger partial charge in [0.2, 0.25) is 0 Å². The molecular weight excluding hydrogens is 280 g/mol. The zero-order valence-electron chi connectivity index (χ0n) is 14.0. The summed E-state index contributed by atoms with van der Waals surface area (Å²) in [6, 6.07) is 0. The molecule has 0 amide bonds. The van der Waals surface area contributed by atoms with Crippen LogP contribution in [0.2, 0.25) is 0 Å². The van der Waals surface area contributed by atoms with Crippen LogP contribution >= 0.6 is 0 Å². The highest BCUT2D eigenvalue weighted by atomic mass is 16.6. The third-order valence-electron chi connectivity index (χ3n) is 6.82. The number of hydrogen-bond donors (Lipinski definition) is 2. The Morgan fingerprint density at radius 1 is 1.32 bits per heavy atom. The molecule has 22 heavy (non-hydrogen) atoms. The largest absolute Gasteiger partial charge is 0.460 e. The fraction of sp³-hybridized carbons (Fsp3) is 0.944. The number of rotatable bonds is 3. The molecule has 0 aromatic rings. The van der Waals surface area contributed by atoms with Crippen LogP contribution < -0.4 is 0 Å². The van der Waals surface area contributed by atoms with Gasteiger partial charge in [-0.15, -0.1) is 0 Å². The Balaban J connectivity index is 1.66. The van der Waals surface area contributed by atoms with Crippen molar-refractivity contribution in [3.8, 4) is 0 Å². The Bertz CT molecular complexity index is 446. The molecule has 0 aromatic carbocycles. The monoisotopic (exact) mass is 310 g/mol. The Morgan fingerprint density at radius 3 is 2.68 bits per heavy atom. The molecule has 1 saturated heterocycles. The van der Waals surface area contributed by atoms with Gasteiger partial charge in [0.05, 0.1) is 6.10 Å². The lowest BCUT2D eigenvalue weighted by atomic mass is 9.61. The predicted molar refractivity (Wildman–Crippen MR) is 83.1 cm³/mol. The standard InChI is InChI=1S/C18H30O4/c1-11(9-12-10-18(3,21)16(20)22-12)13-6-7-14-15(19)5-4-8-17(13,14)2/h11-15,19,21H,4-10H2,1-3H3/t11?,12-,13+,14?,15+,17+,18-/m0/s1. The second kappa shape index (κ2) is 5.48. The van der Waals surface area contributed by atoms with Gasteiger partial charge >= 0.3 is 5.97 Å². The molecule has 0 radical (unpaired) electrons. The number of carbonyl (C=O) groups is 1. The third kappa shape index (κ3) is 2.58. The molecule has 7 atom stereocenters. The third-order valence-corrected chi connectivity index (χ3v) is 6.82. The Hall–Kier alpha value is -0.610. The summed E-state index contributed by atoms with van der Waals surface area (Å²) >= 11 is 0. The van der Waals surface area contributed by atoms with Gasteiger partial charge in [-0.2, -0.15) is 0 Å². The highest BCUT2D eigenvalue weighted by molar-refractivity contribution is 5.80. The van der Waals surface area contributed by atoms with Crippen molar-refractivity contribution in [1.29, 1.82) is 0 Å². The number of esters is 1. The van der Waals surface area contributed by atoms with Gasteiger partial charge in [0.1, 0.15) is 6.10 Å². The number of aliphatic hydroxyl groups excluding tert-OH is 1. The van der Waals surface area contributed by atoms with E-state index in [2.05, 4.69) is 13.8 Å². The number of fused-ring (bicyclic) bond motifs is 1. The molecule has 2 saturated carbocycles. The summed E-state index contributed by atoms with van der Waals surface area (Å²) in [6.45, 7) is 6.15. The average Bonchev–Trinajstić information content (AvgIpc) is 2.87. The van der Waals surface area contributed by atoms with Crippen LogP contribution in [-0.2, 0) is 9.53 Å². The maximum absolute atomic E-state index is 11.6. The van der Waals surface area contributed by atoms with Crippen molar-refractivity contribution in [2.75, 3.05) is 0 Å². The van der Waals surface area contributed by atoms with E-state index in [1.165, 1.54) is 6.42 Å². The molecule has 3 fully saturated rings. The van der Waals surface area contributed by atoms with Gasteiger partial charge in [0.25, 0.3) is 0 Å². The van der Waals surface area contributed by atoms with Crippen LogP contribution in [0.3, 0.4) is 0 Å². The minimum Gasteiger partial charge on any atom is -0.460 e. The van der Waals surface area contributed by atoms with E-state index >= 15 is 0 Å². The molecule has 2 N–H and O–H groups in total. The molecule has 1 heterocycles. The SMILES string of the molecule is CC(C[C@H]1C[C@](C)(O)C(=O)O1)[C@H]1CCC2[C@H](O)CCC[C@@]21C. The first-order valence-electron chi connectivity index (χ1n) is 8.85. The highest BCUT2D eigenvalue weighted by Crippen LogP contribution is 2.58. The number of aliphatic hydroxyl groups is 2. The van der Waals surface area contributed by atoms with Crippen molar-refractivity contribution >= 4 is 5.97 Å². The predicted octanol–water partition coefficient (Wildman–Crippen LogP) is 2.66. The number of ether oxygens (including phenoxy) is 1. The summed E-state index contributed by atoms with van der Waals surface area (Å²) in [7, 11) is 0. The maximum atomic E-state index is 11.6. The van der Waals surface area contributed by atoms with Crippen molar-refractivity contribution in [2.45, 2.75) is 83.5 Å². The van der Waals surface area contributed by atoms with Gasteiger partial charge in [0.15, 0.2) is 5.60 Å². The van der Waals surface area contributed by atoms with E-state index in [1.807, 2.05) is 0 Å². The molecule has 4 heteroatoms. The van der Waals surface area contributed by atoms with Crippen molar-refractivity contribution in [2.24, 2.45) is 23.2 Å². The molecule has 3 aliphatic rings. The van der Waals surface area contributed by atoms with E-state index in [0.29, 0.717) is 24.2 Å². The lowest BCUT2D eigenvalue weighted by Crippen LogP contribution is -2.41. The minimum atomic E-state index is -1.31. The maximum Gasteiger partial charge on any atom is 0.338 e. The Labute approximate surface area is 133 Å². The molecule has 2 unspecified atom stereocenters. The lowest BCUT2D eigenvalue weighted by molar-refractivity contribution is -0.154. The van der Waals surface area contributed by atoms with Crippen molar-refractivity contribution in [3.63, 3.8) is 0 Å². The van der Waals surface area contributed by atoms with Gasteiger partial charge in [-0.3, -0.25) is 0 Å². The van der Waals surface area contributed by atoms with Gasteiger partial charge in [-0.05, 0) is 62.2 Å². The summed E-state index contributed by atoms with van der Waals surface area (Å²) in [4.78, 5) is 11.6. The quantitative estimate of drug-likeness (QED) is 0.787. The van der Waals surface area contributed by atoms with Crippen LogP contribution in [0.25, 0.3) is 0 Å². The fourth-order valence-electron chi connectivity index (χ4n) is 5.68. The molecule has 0 spiro atoms. The van der Waals surface area contributed by atoms with Crippen molar-refractivity contribution in [1.82, 2.24) is 0 Å². The fourth-order valence-corrected chi connectivity index (χ4v) is 5.68. The molecular formula is C18H30O4. The number of hydrogen-bond acceptors (Lipinski definition) is 4. The first kappa shape index (κ1) is 16.3. The molecule has 0 aromatic heterocycles. The summed E-state index contributed by atoms with van der Waals surface area (Å²) in [6.07, 6.45) is 6.48. The number of cyclic esters (lactones) is 1. The van der Waals surface area contributed by atoms with Crippen LogP contribution in [-0.4, -0.2) is 34.0 Å². The summed E-state index contributed by atoms with van der Waals surface area (Å²) in [5.41, 5.74) is -1.09. The molecule has 4 nitrogen and oxygen atoms in total. The van der Waals surface area contributed by atoms with E-state index in [0.717, 1.165) is 32.1 Å². The highest BCUT2D eigenvalue weighted by Gasteiger charge is 2.53. The Morgan fingerprint density at radius 2 is 2.05 bits per heavy atom. The molecule has 3 rings (SSSR count). The molecule has 2 aliphatic carbocycles. The van der Waals surface area contributed by atoms with Crippen LogP contribution in [0.4, 0.5) is 0 Å². The zero-order valence-corrected chi connectivity index (χ0v) is 14.0. The van der Waals surface area contributed by atoms with Crippen molar-refractivity contribution < 1.29 is 19.7 Å². The van der Waals surface area contributed by atoms with Gasteiger partial charge in [-0.25, -0.2) is 4.79 Å². The van der Waals surface area contributed by atoms with Gasteiger partial charge in [0, 0.05) is 6.42 Å². The smallest absolute Gasteiger partial charge is 0.338 e. The second-order valence-electron chi connectivity index (χ2n) is 8.47. The summed E-state index contributed by atoms with van der Waals surface area (Å²) in [5, 5.41) is 20.3. The normalized spacial score (nSPS) is 49.8. The van der Waals surface area contributed by atoms with E-state index in [4.69, 9.17) is 4.74 Å².